The van der Waals surface area contributed by atoms with E-state index in [1.807, 2.05) is 0 Å². The first-order chi connectivity index (χ1) is 5.16. The van der Waals surface area contributed by atoms with E-state index in [4.69, 9.17) is 0 Å². The minimum absolute atomic E-state index is 0. The van der Waals surface area contributed by atoms with Crippen LogP contribution in [-0.2, 0) is 23.3 Å². The van der Waals surface area contributed by atoms with Gasteiger partial charge in [-0.2, -0.15) is 0 Å². The van der Waals surface area contributed by atoms with Crippen LogP contribution in [0.15, 0.2) is 12.1 Å². The number of hydrogen-bond acceptors (Lipinski definition) is 0. The molecule has 12 heavy (non-hydrogen) atoms. The molecular formula is C7H4BrF3Zn. The summed E-state index contributed by atoms with van der Waals surface area (Å²) in [6, 6.07) is 1.74. The molecule has 0 fully saturated rings. The van der Waals surface area contributed by atoms with Crippen molar-refractivity contribution < 1.29 is 48.5 Å². The van der Waals surface area contributed by atoms with Gasteiger partial charge in [-0.15, -0.1) is 0 Å². The van der Waals surface area contributed by atoms with Crippen molar-refractivity contribution in [3.05, 3.63) is 35.1 Å². The van der Waals surface area contributed by atoms with Crippen molar-refractivity contribution in [2.24, 2.45) is 0 Å². The summed E-state index contributed by atoms with van der Waals surface area (Å²) in [4.78, 5) is 0. The molecule has 1 aromatic rings. The summed E-state index contributed by atoms with van der Waals surface area (Å²) >= 11 is 0.720. The van der Waals surface area contributed by atoms with Gasteiger partial charge in [0.1, 0.15) is 0 Å². The van der Waals surface area contributed by atoms with Gasteiger partial charge in [-0.3, -0.25) is 0 Å². The fourth-order valence-electron chi connectivity index (χ4n) is 0.798. The van der Waals surface area contributed by atoms with E-state index in [-0.39, 0.29) is 27.6 Å². The fraction of sp³-hybridized carbons (Fsp3) is 0.143. The average molecular weight is 290 g/mol. The molecule has 0 heterocycles. The smallest absolute Gasteiger partial charge is 1.00 e. The third-order valence-corrected chi connectivity index (χ3v) is 2.44. The third-order valence-electron chi connectivity index (χ3n) is 1.39. The molecule has 0 aliphatic carbocycles. The van der Waals surface area contributed by atoms with Crippen LogP contribution in [0.5, 0.6) is 0 Å². The molecule has 0 N–H and O–H groups in total. The van der Waals surface area contributed by atoms with Crippen LogP contribution in [0.3, 0.4) is 0 Å². The molecule has 0 unspecified atom stereocenters. The Hall–Kier alpha value is 0.113. The molecule has 62 valence electrons. The molecule has 0 bridgehead atoms. The van der Waals surface area contributed by atoms with Crippen molar-refractivity contribution in [3.8, 4) is 0 Å². The van der Waals surface area contributed by atoms with E-state index in [0.29, 0.717) is 0 Å². The van der Waals surface area contributed by atoms with Crippen LogP contribution in [0.25, 0.3) is 0 Å². The van der Waals surface area contributed by atoms with E-state index >= 15 is 0 Å². The SMILES string of the molecule is Fc1ccc(F)c([CH2][Zn+])c1F.[Br-]. The Morgan fingerprint density at radius 2 is 1.58 bits per heavy atom. The Morgan fingerprint density at radius 3 is 2.00 bits per heavy atom. The summed E-state index contributed by atoms with van der Waals surface area (Å²) in [7, 11) is 0. The standard InChI is InChI=1S/C7H4F3.BrH.Zn/c1-4-5(8)2-3-6(9)7(4)10;;/h2-3H,1H2;1H;/q;;+1/p-1. The van der Waals surface area contributed by atoms with Gasteiger partial charge < -0.3 is 17.0 Å². The number of rotatable bonds is 1. The maximum Gasteiger partial charge on any atom is -1.00 e. The zero-order chi connectivity index (χ0) is 8.43. The van der Waals surface area contributed by atoms with E-state index < -0.39 is 17.5 Å². The number of benzene rings is 1. The Kier molecular flexibility index (Phi) is 5.02. The zero-order valence-corrected chi connectivity index (χ0v) is 10.6. The first kappa shape index (κ1) is 12.1. The Bertz CT molecular complexity index is 278. The summed E-state index contributed by atoms with van der Waals surface area (Å²) < 4.78 is 37.7. The van der Waals surface area contributed by atoms with Crippen molar-refractivity contribution in [1.82, 2.24) is 0 Å². The fourth-order valence-corrected chi connectivity index (χ4v) is 1.76. The molecule has 0 saturated carbocycles. The average Bonchev–Trinajstić information content (AvgIpc) is 1.99. The quantitative estimate of drug-likeness (QED) is 0.467. The molecule has 0 aliphatic rings. The molecule has 0 spiro atoms. The summed E-state index contributed by atoms with van der Waals surface area (Å²) in [6.07, 6.45) is 0. The van der Waals surface area contributed by atoms with Crippen molar-refractivity contribution >= 4 is 0 Å². The number of halogens is 4. The van der Waals surface area contributed by atoms with Gasteiger partial charge in [0.05, 0.1) is 0 Å². The summed E-state index contributed by atoms with van der Waals surface area (Å²) in [6.45, 7) is 0. The first-order valence-corrected chi connectivity index (χ1v) is 5.18. The Labute approximate surface area is 88.6 Å². The second-order valence-electron chi connectivity index (χ2n) is 2.07. The zero-order valence-electron chi connectivity index (χ0n) is 6.08. The van der Waals surface area contributed by atoms with E-state index in [1.165, 1.54) is 0 Å². The topological polar surface area (TPSA) is 0 Å². The predicted octanol–water partition coefficient (Wildman–Crippen LogP) is -0.845. The van der Waals surface area contributed by atoms with Crippen LogP contribution in [0, 0.1) is 17.5 Å². The normalized spacial score (nSPS) is 9.42. The number of hydrogen-bond donors (Lipinski definition) is 0. The van der Waals surface area contributed by atoms with Crippen LogP contribution in [-0.4, -0.2) is 0 Å². The van der Waals surface area contributed by atoms with Gasteiger partial charge in [0.15, 0.2) is 0 Å². The molecule has 0 saturated heterocycles. The van der Waals surface area contributed by atoms with Gasteiger partial charge >= 0.3 is 71.6 Å². The Morgan fingerprint density at radius 1 is 1.08 bits per heavy atom. The van der Waals surface area contributed by atoms with Crippen LogP contribution in [0.1, 0.15) is 5.56 Å². The van der Waals surface area contributed by atoms with E-state index in [9.17, 15) is 13.2 Å². The first-order valence-electron chi connectivity index (χ1n) is 3.08. The van der Waals surface area contributed by atoms with Gasteiger partial charge in [-0.05, 0) is 0 Å². The van der Waals surface area contributed by atoms with Crippen molar-refractivity contribution in [2.75, 3.05) is 0 Å². The van der Waals surface area contributed by atoms with E-state index in [0.717, 1.165) is 30.4 Å². The van der Waals surface area contributed by atoms with Crippen molar-refractivity contribution in [1.29, 1.82) is 0 Å². The maximum absolute atomic E-state index is 12.7. The van der Waals surface area contributed by atoms with Gasteiger partial charge in [0.2, 0.25) is 0 Å². The molecule has 0 amide bonds. The van der Waals surface area contributed by atoms with Gasteiger partial charge in [-0.1, -0.05) is 0 Å². The van der Waals surface area contributed by atoms with Gasteiger partial charge in [0, 0.05) is 0 Å². The molecule has 0 aliphatic heterocycles. The van der Waals surface area contributed by atoms with Crippen LogP contribution < -0.4 is 17.0 Å². The van der Waals surface area contributed by atoms with Gasteiger partial charge in [0.25, 0.3) is 0 Å². The monoisotopic (exact) mass is 288 g/mol. The second-order valence-corrected chi connectivity index (χ2v) is 3.12. The maximum atomic E-state index is 12.7. The third kappa shape index (κ3) is 2.30. The van der Waals surface area contributed by atoms with Gasteiger partial charge in [-0.25, -0.2) is 0 Å². The molecule has 0 aromatic heterocycles. The minimum atomic E-state index is -1.05. The Balaban J connectivity index is 0.00000121. The predicted molar refractivity (Wildman–Crippen MR) is 30.0 cm³/mol. The van der Waals surface area contributed by atoms with E-state index in [2.05, 4.69) is 0 Å². The van der Waals surface area contributed by atoms with Crippen LogP contribution in [0.2, 0.25) is 0 Å². The summed E-state index contributed by atoms with van der Waals surface area (Å²) in [5, 5.41) is 0.287. The van der Waals surface area contributed by atoms with Crippen LogP contribution >= 0.6 is 0 Å². The van der Waals surface area contributed by atoms with Crippen LogP contribution in [0.4, 0.5) is 13.2 Å². The van der Waals surface area contributed by atoms with E-state index in [1.54, 1.807) is 0 Å². The molecule has 0 nitrogen and oxygen atoms in total. The van der Waals surface area contributed by atoms with Crippen molar-refractivity contribution in [3.63, 3.8) is 0 Å². The molecule has 1 aromatic carbocycles. The molecule has 0 atom stereocenters. The largest absolute Gasteiger partial charge is 1.00 e. The minimum Gasteiger partial charge on any atom is -1.00 e. The molecule has 5 heteroatoms. The second kappa shape index (κ2) is 4.98. The molecule has 1 rings (SSSR count). The summed E-state index contributed by atoms with van der Waals surface area (Å²) in [5.41, 5.74) is -0.134. The molecule has 0 radical (unpaired) electrons. The molecular weight excluding hydrogens is 286 g/mol. The van der Waals surface area contributed by atoms with Crippen molar-refractivity contribution in [2.45, 2.75) is 5.02 Å². The summed E-state index contributed by atoms with van der Waals surface area (Å²) in [5.74, 6) is -2.68.